The van der Waals surface area contributed by atoms with E-state index < -0.39 is 0 Å². The van der Waals surface area contributed by atoms with Gasteiger partial charge in [-0.3, -0.25) is 0 Å². The SMILES string of the molecule is C1CC1.C1CC1.C1CC1.CC1CC1. The van der Waals surface area contributed by atoms with Crippen molar-refractivity contribution in [2.75, 3.05) is 0 Å². The first-order chi connectivity index (χ1) is 6.39. The lowest BCUT2D eigenvalue weighted by Crippen LogP contribution is -1.42. The normalized spacial score (nSPS) is 24.7. The average molecular weight is 182 g/mol. The van der Waals surface area contributed by atoms with Gasteiger partial charge in [-0.25, -0.2) is 0 Å². The summed E-state index contributed by atoms with van der Waals surface area (Å²) in [6.07, 6.45) is 16.5. The Morgan fingerprint density at radius 3 is 0.692 bits per heavy atom. The molecule has 0 aliphatic heterocycles. The first kappa shape index (κ1) is 11.1. The molecule has 0 heteroatoms. The molecule has 4 rings (SSSR count). The summed E-state index contributed by atoms with van der Waals surface area (Å²) < 4.78 is 0. The highest BCUT2D eigenvalue weighted by Crippen LogP contribution is 2.26. The van der Waals surface area contributed by atoms with Gasteiger partial charge in [0.05, 0.1) is 0 Å². The van der Waals surface area contributed by atoms with Crippen molar-refractivity contribution in [3.05, 3.63) is 0 Å². The molecule has 78 valence electrons. The van der Waals surface area contributed by atoms with E-state index in [1.54, 1.807) is 0 Å². The van der Waals surface area contributed by atoms with Crippen molar-refractivity contribution in [1.82, 2.24) is 0 Å². The van der Waals surface area contributed by atoms with Crippen LogP contribution in [-0.4, -0.2) is 0 Å². The van der Waals surface area contributed by atoms with Crippen molar-refractivity contribution >= 4 is 0 Å². The van der Waals surface area contributed by atoms with E-state index in [0.717, 1.165) is 5.92 Å². The Bertz CT molecular complexity index is 74.1. The van der Waals surface area contributed by atoms with Gasteiger partial charge >= 0.3 is 0 Å². The van der Waals surface area contributed by atoms with Crippen LogP contribution in [0.25, 0.3) is 0 Å². The molecule has 0 aromatic heterocycles. The molecule has 4 saturated carbocycles. The van der Waals surface area contributed by atoms with Crippen LogP contribution in [0.4, 0.5) is 0 Å². The van der Waals surface area contributed by atoms with Crippen LogP contribution in [0.2, 0.25) is 0 Å². The van der Waals surface area contributed by atoms with Gasteiger partial charge in [0, 0.05) is 0 Å². The van der Waals surface area contributed by atoms with Crippen LogP contribution < -0.4 is 0 Å². The Kier molecular flexibility index (Phi) is 6.31. The number of hydrogen-bond donors (Lipinski definition) is 0. The van der Waals surface area contributed by atoms with E-state index in [9.17, 15) is 0 Å². The lowest BCUT2D eigenvalue weighted by Gasteiger charge is -1.53. The van der Waals surface area contributed by atoms with E-state index in [1.807, 2.05) is 0 Å². The second-order valence-electron chi connectivity index (χ2n) is 4.86. The minimum absolute atomic E-state index is 1.08. The van der Waals surface area contributed by atoms with Gasteiger partial charge in [-0.15, -0.1) is 0 Å². The average Bonchev–Trinajstić information content (AvgIpc) is 2.86. The van der Waals surface area contributed by atoms with Gasteiger partial charge in [0.1, 0.15) is 0 Å². The Labute approximate surface area is 84.1 Å². The zero-order valence-electron chi connectivity index (χ0n) is 9.36. The molecule has 4 aliphatic rings. The Balaban J connectivity index is 0.0000000874. The molecule has 0 nitrogen and oxygen atoms in total. The highest BCUT2D eigenvalue weighted by Gasteiger charge is 2.12. The number of hydrogen-bond acceptors (Lipinski definition) is 0. The van der Waals surface area contributed by atoms with Crippen LogP contribution in [0.1, 0.15) is 77.6 Å². The fraction of sp³-hybridized carbons (Fsp3) is 1.00. The minimum Gasteiger partial charge on any atom is -0.0625 e. The summed E-state index contributed by atoms with van der Waals surface area (Å²) in [4.78, 5) is 0. The number of rotatable bonds is 0. The highest BCUT2D eigenvalue weighted by molar-refractivity contribution is 4.65. The first-order valence-corrected chi connectivity index (χ1v) is 6.39. The van der Waals surface area contributed by atoms with Crippen molar-refractivity contribution < 1.29 is 0 Å². The van der Waals surface area contributed by atoms with Crippen molar-refractivity contribution in [2.45, 2.75) is 77.6 Å². The quantitative estimate of drug-likeness (QED) is 0.498. The molecule has 0 radical (unpaired) electrons. The molecular weight excluding hydrogens is 156 g/mol. The van der Waals surface area contributed by atoms with Gasteiger partial charge in [-0.05, 0) is 5.92 Å². The molecule has 0 amide bonds. The maximum Gasteiger partial charge on any atom is -0.0443 e. The van der Waals surface area contributed by atoms with E-state index in [2.05, 4.69) is 6.92 Å². The molecule has 0 atom stereocenters. The van der Waals surface area contributed by atoms with E-state index in [-0.39, 0.29) is 0 Å². The molecule has 13 heavy (non-hydrogen) atoms. The van der Waals surface area contributed by atoms with Crippen LogP contribution in [0.3, 0.4) is 0 Å². The van der Waals surface area contributed by atoms with Crippen molar-refractivity contribution in [3.8, 4) is 0 Å². The molecule has 0 bridgehead atoms. The van der Waals surface area contributed by atoms with Crippen LogP contribution in [0, 0.1) is 5.92 Å². The Morgan fingerprint density at radius 1 is 0.538 bits per heavy atom. The zero-order chi connectivity index (χ0) is 9.36. The largest absolute Gasteiger partial charge is 0.0625 e. The second-order valence-corrected chi connectivity index (χ2v) is 4.86. The lowest BCUT2D eigenvalue weighted by molar-refractivity contribution is 0.983. The molecule has 0 aromatic rings. The third-order valence-corrected chi connectivity index (χ3v) is 1.93. The Hall–Kier alpha value is 0. The minimum atomic E-state index is 1.08. The van der Waals surface area contributed by atoms with Gasteiger partial charge in [0.15, 0.2) is 0 Å². The smallest absolute Gasteiger partial charge is 0.0443 e. The molecule has 0 saturated heterocycles. The van der Waals surface area contributed by atoms with Crippen LogP contribution in [0.5, 0.6) is 0 Å². The van der Waals surface area contributed by atoms with Crippen molar-refractivity contribution in [1.29, 1.82) is 0 Å². The van der Waals surface area contributed by atoms with Gasteiger partial charge in [-0.2, -0.15) is 0 Å². The summed E-state index contributed by atoms with van der Waals surface area (Å²) in [5.74, 6) is 1.08. The third-order valence-electron chi connectivity index (χ3n) is 1.93. The van der Waals surface area contributed by atoms with E-state index in [4.69, 9.17) is 0 Å². The lowest BCUT2D eigenvalue weighted by atomic mass is 10.5. The molecule has 4 fully saturated rings. The molecule has 0 N–H and O–H groups in total. The summed E-state index contributed by atoms with van der Waals surface area (Å²) in [6.45, 7) is 2.28. The molecule has 0 spiro atoms. The van der Waals surface area contributed by atoms with E-state index in [1.165, 1.54) is 70.6 Å². The highest BCUT2D eigenvalue weighted by atomic mass is 14.2. The maximum atomic E-state index is 2.28. The maximum absolute atomic E-state index is 2.28. The van der Waals surface area contributed by atoms with Crippen LogP contribution >= 0.6 is 0 Å². The first-order valence-electron chi connectivity index (χ1n) is 6.39. The topological polar surface area (TPSA) is 0 Å². The molecule has 0 aromatic carbocycles. The Morgan fingerprint density at radius 2 is 0.692 bits per heavy atom. The van der Waals surface area contributed by atoms with Gasteiger partial charge in [0.25, 0.3) is 0 Å². The summed E-state index contributed by atoms with van der Waals surface area (Å²) in [5, 5.41) is 0. The van der Waals surface area contributed by atoms with Gasteiger partial charge in [-0.1, -0.05) is 77.6 Å². The fourth-order valence-electron chi connectivity index (χ4n) is 0.167. The van der Waals surface area contributed by atoms with Crippen LogP contribution in [-0.2, 0) is 0 Å². The van der Waals surface area contributed by atoms with Crippen molar-refractivity contribution in [2.24, 2.45) is 5.92 Å². The summed E-state index contributed by atoms with van der Waals surface area (Å²) >= 11 is 0. The molecule has 0 unspecified atom stereocenters. The van der Waals surface area contributed by atoms with Crippen molar-refractivity contribution in [3.63, 3.8) is 0 Å². The predicted octanol–water partition coefficient (Wildman–Crippen LogP) is 4.93. The standard InChI is InChI=1S/C4H8.3C3H6/c1-4-2-3-4;3*1-2-3-1/h4H,2-3H2,1H3;3*1-3H2. The summed E-state index contributed by atoms with van der Waals surface area (Å²) in [5.41, 5.74) is 0. The van der Waals surface area contributed by atoms with Gasteiger partial charge < -0.3 is 0 Å². The monoisotopic (exact) mass is 182 g/mol. The summed E-state index contributed by atoms with van der Waals surface area (Å²) in [6, 6.07) is 0. The third kappa shape index (κ3) is 33.3. The van der Waals surface area contributed by atoms with Gasteiger partial charge in [0.2, 0.25) is 0 Å². The van der Waals surface area contributed by atoms with Crippen LogP contribution in [0.15, 0.2) is 0 Å². The zero-order valence-corrected chi connectivity index (χ0v) is 9.36. The fourth-order valence-corrected chi connectivity index (χ4v) is 0.167. The summed E-state index contributed by atoms with van der Waals surface area (Å²) in [7, 11) is 0. The second kappa shape index (κ2) is 7.41. The molecule has 4 aliphatic carbocycles. The van der Waals surface area contributed by atoms with E-state index in [0.29, 0.717) is 0 Å². The molecular formula is C13H26. The van der Waals surface area contributed by atoms with E-state index >= 15 is 0 Å². The molecule has 0 heterocycles. The predicted molar refractivity (Wildman–Crippen MR) is 60.0 cm³/mol.